The van der Waals surface area contributed by atoms with Gasteiger partial charge in [0.25, 0.3) is 0 Å². The fourth-order valence-electron chi connectivity index (χ4n) is 6.92. The highest BCUT2D eigenvalue weighted by molar-refractivity contribution is 7.59. The van der Waals surface area contributed by atoms with Crippen LogP contribution in [0.2, 0.25) is 0 Å². The lowest BCUT2D eigenvalue weighted by molar-refractivity contribution is -0.133. The van der Waals surface area contributed by atoms with Gasteiger partial charge in [0.15, 0.2) is 5.78 Å². The molecule has 1 heterocycles. The van der Waals surface area contributed by atoms with Crippen molar-refractivity contribution >= 4 is 84.0 Å². The highest BCUT2D eigenvalue weighted by atomic mass is 32.1. The van der Waals surface area contributed by atoms with E-state index in [9.17, 15) is 24.0 Å². The van der Waals surface area contributed by atoms with Crippen LogP contribution in [0.25, 0.3) is 0 Å². The SMILES string of the molecule is O=C[C@H](C[C@@H]1CCNC1=O)NC(=O)[C@@H](CC(=O)[C@@H](NC(=O)OCc1ccccc1)C1CCCCC1)CC1CCCCC1.S.S.S.S. The number of aldehydes is 1. The molecule has 9 nitrogen and oxygen atoms in total. The molecule has 46 heavy (non-hydrogen) atoms. The lowest BCUT2D eigenvalue weighted by Crippen LogP contribution is -2.49. The van der Waals surface area contributed by atoms with E-state index in [1.165, 1.54) is 6.42 Å². The van der Waals surface area contributed by atoms with Crippen molar-refractivity contribution in [3.63, 3.8) is 0 Å². The maximum Gasteiger partial charge on any atom is 0.408 e. The Hall–Kier alpha value is -1.83. The standard InChI is InChI=1S/C33H47N3O6.4H2S/c37-21-28(19-26-16-17-34-31(26)39)35-32(40)27(18-23-10-4-1-5-11-23)20-29(38)30(25-14-8-3-9-15-25)36-33(41)42-22-24-12-6-2-7-13-24;;;;/h2,6-7,12-13,21,23,25-28,30H,1,3-5,8-11,14-20,22H2,(H,34,39)(H,35,40)(H,36,41);4*1H2/t26-,27+,28-,30-;;;;/m0..../s1. The van der Waals surface area contributed by atoms with E-state index in [-0.39, 0.29) is 103 Å². The Kier molecular flexibility index (Phi) is 22.6. The molecule has 2 aliphatic carbocycles. The molecule has 0 radical (unpaired) electrons. The van der Waals surface area contributed by atoms with Gasteiger partial charge in [0.1, 0.15) is 12.9 Å². The second-order valence-electron chi connectivity index (χ2n) is 12.5. The summed E-state index contributed by atoms with van der Waals surface area (Å²) < 4.78 is 5.46. The number of carbonyl (C=O) groups excluding carboxylic acids is 5. The van der Waals surface area contributed by atoms with Crippen molar-refractivity contribution in [1.29, 1.82) is 0 Å². The maximum atomic E-state index is 13.9. The second kappa shape index (κ2) is 23.5. The highest BCUT2D eigenvalue weighted by Gasteiger charge is 2.36. The Morgan fingerprint density at radius 2 is 1.48 bits per heavy atom. The summed E-state index contributed by atoms with van der Waals surface area (Å²) in [6, 6.07) is 7.88. The van der Waals surface area contributed by atoms with Gasteiger partial charge in [0.05, 0.1) is 12.1 Å². The van der Waals surface area contributed by atoms with Crippen LogP contribution in [0.3, 0.4) is 0 Å². The Morgan fingerprint density at radius 1 is 0.848 bits per heavy atom. The van der Waals surface area contributed by atoms with Crippen LogP contribution in [0, 0.1) is 23.7 Å². The van der Waals surface area contributed by atoms with E-state index in [1.807, 2.05) is 30.3 Å². The van der Waals surface area contributed by atoms with Crippen LogP contribution in [-0.2, 0) is 30.5 Å². The molecule has 262 valence electrons. The van der Waals surface area contributed by atoms with Crippen LogP contribution in [0.15, 0.2) is 30.3 Å². The van der Waals surface area contributed by atoms with E-state index in [4.69, 9.17) is 4.74 Å². The predicted octanol–water partition coefficient (Wildman–Crippen LogP) is 5.07. The molecular formula is C33H55N3O6S4. The Bertz CT molecular complexity index is 1070. The summed E-state index contributed by atoms with van der Waals surface area (Å²) in [7, 11) is 0. The molecule has 0 spiro atoms. The third-order valence-corrected chi connectivity index (χ3v) is 9.31. The molecule has 3 aliphatic rings. The summed E-state index contributed by atoms with van der Waals surface area (Å²) in [4.78, 5) is 64.3. The van der Waals surface area contributed by atoms with E-state index in [0.717, 1.165) is 63.4 Å². The molecule has 4 atom stereocenters. The largest absolute Gasteiger partial charge is 0.445 e. The minimum absolute atomic E-state index is 0. The topological polar surface area (TPSA) is 131 Å². The number of ether oxygens (including phenoxy) is 1. The molecule has 1 aliphatic heterocycles. The van der Waals surface area contributed by atoms with Gasteiger partial charge in [-0.25, -0.2) is 4.79 Å². The molecule has 13 heteroatoms. The summed E-state index contributed by atoms with van der Waals surface area (Å²) in [6.45, 7) is 0.683. The first kappa shape index (κ1) is 44.2. The van der Waals surface area contributed by atoms with Gasteiger partial charge < -0.3 is 25.5 Å². The van der Waals surface area contributed by atoms with Crippen molar-refractivity contribution in [1.82, 2.24) is 16.0 Å². The fourth-order valence-corrected chi connectivity index (χ4v) is 6.92. The first-order valence-electron chi connectivity index (χ1n) is 16.0. The number of alkyl carbamates (subject to hydrolysis) is 1. The van der Waals surface area contributed by atoms with Crippen molar-refractivity contribution in [3.8, 4) is 0 Å². The molecule has 2 saturated carbocycles. The van der Waals surface area contributed by atoms with E-state index >= 15 is 0 Å². The molecule has 1 aromatic carbocycles. The fraction of sp³-hybridized carbons (Fsp3) is 0.667. The van der Waals surface area contributed by atoms with Crippen LogP contribution >= 0.6 is 54.0 Å². The quantitative estimate of drug-likeness (QED) is 0.231. The summed E-state index contributed by atoms with van der Waals surface area (Å²) >= 11 is 0. The summed E-state index contributed by atoms with van der Waals surface area (Å²) in [5.41, 5.74) is 0.859. The maximum absolute atomic E-state index is 13.9. The zero-order valence-electron chi connectivity index (χ0n) is 26.7. The zero-order valence-corrected chi connectivity index (χ0v) is 30.7. The number of carbonyl (C=O) groups is 5. The molecule has 1 saturated heterocycles. The molecule has 0 unspecified atom stereocenters. The van der Waals surface area contributed by atoms with Crippen LogP contribution < -0.4 is 16.0 Å². The average Bonchev–Trinajstić information content (AvgIpc) is 3.43. The van der Waals surface area contributed by atoms with Gasteiger partial charge >= 0.3 is 6.09 Å². The highest BCUT2D eigenvalue weighted by Crippen LogP contribution is 2.32. The van der Waals surface area contributed by atoms with Crippen LogP contribution in [0.5, 0.6) is 0 Å². The third-order valence-electron chi connectivity index (χ3n) is 9.31. The molecule has 1 aromatic rings. The number of amides is 3. The van der Waals surface area contributed by atoms with E-state index in [0.29, 0.717) is 31.6 Å². The van der Waals surface area contributed by atoms with Crippen molar-refractivity contribution in [3.05, 3.63) is 35.9 Å². The molecule has 3 amide bonds. The monoisotopic (exact) mass is 717 g/mol. The van der Waals surface area contributed by atoms with Gasteiger partial charge in [-0.15, -0.1) is 0 Å². The summed E-state index contributed by atoms with van der Waals surface area (Å²) in [6.07, 6.45) is 11.7. The minimum atomic E-state index is -0.782. The molecule has 4 rings (SSSR count). The number of hydrogen-bond acceptors (Lipinski definition) is 6. The van der Waals surface area contributed by atoms with Gasteiger partial charge in [-0.3, -0.25) is 14.4 Å². The first-order chi connectivity index (χ1) is 20.4. The van der Waals surface area contributed by atoms with Gasteiger partial charge in [0.2, 0.25) is 11.8 Å². The molecule has 0 bridgehead atoms. The molecule has 3 N–H and O–H groups in total. The van der Waals surface area contributed by atoms with Gasteiger partial charge in [-0.2, -0.15) is 54.0 Å². The number of rotatable bonds is 14. The minimum Gasteiger partial charge on any atom is -0.445 e. The van der Waals surface area contributed by atoms with Gasteiger partial charge in [-0.1, -0.05) is 81.7 Å². The normalized spacial score (nSPS) is 20.0. The lowest BCUT2D eigenvalue weighted by Gasteiger charge is -2.32. The lowest BCUT2D eigenvalue weighted by atomic mass is 9.77. The van der Waals surface area contributed by atoms with E-state index in [1.54, 1.807) is 0 Å². The van der Waals surface area contributed by atoms with Crippen LogP contribution in [0.1, 0.15) is 95.5 Å². The van der Waals surface area contributed by atoms with Crippen LogP contribution in [-0.4, -0.2) is 48.6 Å². The molecule has 0 aromatic heterocycles. The predicted molar refractivity (Wildman–Crippen MR) is 200 cm³/mol. The van der Waals surface area contributed by atoms with Gasteiger partial charge in [0, 0.05) is 24.8 Å². The number of hydrogen-bond donors (Lipinski definition) is 3. The Labute approximate surface area is 302 Å². The Balaban J connectivity index is 0.00000506. The Morgan fingerprint density at radius 3 is 2.07 bits per heavy atom. The van der Waals surface area contributed by atoms with E-state index < -0.39 is 24.1 Å². The van der Waals surface area contributed by atoms with Crippen molar-refractivity contribution < 1.29 is 28.7 Å². The first-order valence-corrected chi connectivity index (χ1v) is 16.0. The van der Waals surface area contributed by atoms with Crippen LogP contribution in [0.4, 0.5) is 4.79 Å². The number of nitrogens with one attached hydrogen (secondary N) is 3. The number of benzene rings is 1. The summed E-state index contributed by atoms with van der Waals surface area (Å²) in [5.74, 6) is -1.14. The third kappa shape index (κ3) is 14.1. The van der Waals surface area contributed by atoms with Crippen molar-refractivity contribution in [2.24, 2.45) is 23.7 Å². The number of ketones is 1. The van der Waals surface area contributed by atoms with Crippen molar-refractivity contribution in [2.75, 3.05) is 6.54 Å². The number of Topliss-reactive ketones (excluding diaryl/α,β-unsaturated/α-hetero) is 1. The average molecular weight is 718 g/mol. The zero-order chi connectivity index (χ0) is 29.7. The van der Waals surface area contributed by atoms with Crippen molar-refractivity contribution in [2.45, 2.75) is 109 Å². The summed E-state index contributed by atoms with van der Waals surface area (Å²) in [5, 5.41) is 8.50. The second-order valence-corrected chi connectivity index (χ2v) is 12.5. The molecule has 3 fully saturated rings. The van der Waals surface area contributed by atoms with Gasteiger partial charge in [-0.05, 0) is 49.5 Å². The van der Waals surface area contributed by atoms with E-state index in [2.05, 4.69) is 16.0 Å². The molecular weight excluding hydrogens is 663 g/mol. The smallest absolute Gasteiger partial charge is 0.408 e.